The highest BCUT2D eigenvalue weighted by atomic mass is 16.5. The fourth-order valence-electron chi connectivity index (χ4n) is 2.05. The second kappa shape index (κ2) is 7.19. The van der Waals surface area contributed by atoms with Crippen molar-refractivity contribution in [3.63, 3.8) is 0 Å². The number of hydrogen-bond acceptors (Lipinski definition) is 4. The number of nitrogens with zero attached hydrogens (tertiary/aromatic N) is 1. The maximum atomic E-state index is 12.0. The van der Waals surface area contributed by atoms with Crippen molar-refractivity contribution in [2.75, 3.05) is 7.11 Å². The van der Waals surface area contributed by atoms with Gasteiger partial charge in [0.1, 0.15) is 0 Å². The van der Waals surface area contributed by atoms with E-state index >= 15 is 0 Å². The van der Waals surface area contributed by atoms with Gasteiger partial charge >= 0.3 is 5.97 Å². The number of ether oxygens (including phenoxy) is 1. The molecule has 0 unspecified atom stereocenters. The normalized spacial score (nSPS) is 9.82. The van der Waals surface area contributed by atoms with Crippen LogP contribution in [0.15, 0.2) is 48.5 Å². The first-order chi connectivity index (χ1) is 10.6. The summed E-state index contributed by atoms with van der Waals surface area (Å²) in [5.74, 6) is -0.473. The number of ketones is 1. The van der Waals surface area contributed by atoms with Crippen LogP contribution >= 0.6 is 0 Å². The van der Waals surface area contributed by atoms with E-state index in [1.807, 2.05) is 24.3 Å². The van der Waals surface area contributed by atoms with Crippen LogP contribution in [0.1, 0.15) is 28.8 Å². The third kappa shape index (κ3) is 3.80. The molecule has 2 rings (SSSR count). The van der Waals surface area contributed by atoms with E-state index in [-0.39, 0.29) is 24.6 Å². The number of esters is 1. The molecule has 0 saturated carbocycles. The first-order valence-electron chi connectivity index (χ1n) is 6.84. The van der Waals surface area contributed by atoms with E-state index in [9.17, 15) is 9.59 Å². The second-order valence-electron chi connectivity index (χ2n) is 4.77. The topological polar surface area (TPSA) is 67.2 Å². The molecule has 0 N–H and O–H groups in total. The molecular formula is C18H15NO3. The zero-order valence-corrected chi connectivity index (χ0v) is 12.2. The largest absolute Gasteiger partial charge is 0.469 e. The molecule has 0 heterocycles. The molecular weight excluding hydrogens is 278 g/mol. The number of nitriles is 1. The summed E-state index contributed by atoms with van der Waals surface area (Å²) in [6.07, 6.45) is 0.232. The lowest BCUT2D eigenvalue weighted by molar-refractivity contribution is -0.140. The van der Waals surface area contributed by atoms with E-state index in [1.54, 1.807) is 24.3 Å². The van der Waals surface area contributed by atoms with Crippen molar-refractivity contribution < 1.29 is 14.3 Å². The zero-order valence-electron chi connectivity index (χ0n) is 12.2. The Kier molecular flexibility index (Phi) is 5.05. The fraction of sp³-hybridized carbons (Fsp3) is 0.167. The third-order valence-corrected chi connectivity index (χ3v) is 3.34. The van der Waals surface area contributed by atoms with Gasteiger partial charge in [-0.05, 0) is 23.3 Å². The molecule has 0 bridgehead atoms. The van der Waals surface area contributed by atoms with Gasteiger partial charge in [-0.15, -0.1) is 0 Å². The van der Waals surface area contributed by atoms with E-state index < -0.39 is 0 Å². The van der Waals surface area contributed by atoms with E-state index in [2.05, 4.69) is 10.8 Å². The fourth-order valence-corrected chi connectivity index (χ4v) is 2.05. The van der Waals surface area contributed by atoms with Gasteiger partial charge in [-0.25, -0.2) is 0 Å². The molecule has 0 amide bonds. The summed E-state index contributed by atoms with van der Waals surface area (Å²) in [6.45, 7) is 0. The van der Waals surface area contributed by atoms with Crippen LogP contribution in [0.3, 0.4) is 0 Å². The van der Waals surface area contributed by atoms with Crippen LogP contribution in [-0.4, -0.2) is 18.9 Å². The molecule has 0 fully saturated rings. The van der Waals surface area contributed by atoms with Crippen LogP contribution in [0.5, 0.6) is 0 Å². The van der Waals surface area contributed by atoms with Crippen molar-refractivity contribution in [1.29, 1.82) is 5.26 Å². The Balaban J connectivity index is 2.07. The third-order valence-electron chi connectivity index (χ3n) is 3.34. The number of carbonyl (C=O) groups excluding carboxylic acids is 2. The van der Waals surface area contributed by atoms with Gasteiger partial charge < -0.3 is 4.74 Å². The van der Waals surface area contributed by atoms with E-state index in [0.717, 1.165) is 11.1 Å². The monoisotopic (exact) mass is 293 g/mol. The van der Waals surface area contributed by atoms with Gasteiger partial charge in [0, 0.05) is 12.0 Å². The lowest BCUT2D eigenvalue weighted by atomic mass is 10.0. The van der Waals surface area contributed by atoms with Crippen molar-refractivity contribution >= 4 is 11.8 Å². The summed E-state index contributed by atoms with van der Waals surface area (Å²) in [5, 5.41) is 8.78. The van der Waals surface area contributed by atoms with Crippen LogP contribution < -0.4 is 0 Å². The van der Waals surface area contributed by atoms with E-state index in [4.69, 9.17) is 5.26 Å². The van der Waals surface area contributed by atoms with E-state index in [1.165, 1.54) is 7.11 Å². The van der Waals surface area contributed by atoms with E-state index in [0.29, 0.717) is 11.1 Å². The summed E-state index contributed by atoms with van der Waals surface area (Å²) in [6, 6.07) is 16.5. The average Bonchev–Trinajstić information content (AvgIpc) is 2.59. The summed E-state index contributed by atoms with van der Waals surface area (Å²) >= 11 is 0. The van der Waals surface area contributed by atoms with Crippen molar-refractivity contribution in [3.8, 4) is 17.2 Å². The van der Waals surface area contributed by atoms with Crippen LogP contribution in [0.4, 0.5) is 0 Å². The van der Waals surface area contributed by atoms with Gasteiger partial charge in [-0.2, -0.15) is 5.26 Å². The lowest BCUT2D eigenvalue weighted by Crippen LogP contribution is -2.05. The highest BCUT2D eigenvalue weighted by Crippen LogP contribution is 2.21. The molecule has 2 aromatic rings. The maximum Gasteiger partial charge on any atom is 0.305 e. The number of benzene rings is 2. The summed E-state index contributed by atoms with van der Waals surface area (Å²) in [4.78, 5) is 23.0. The quantitative estimate of drug-likeness (QED) is 0.626. The van der Waals surface area contributed by atoms with Crippen LogP contribution in [-0.2, 0) is 9.53 Å². The zero-order chi connectivity index (χ0) is 15.9. The molecule has 0 saturated heterocycles. The highest BCUT2D eigenvalue weighted by molar-refractivity contribution is 5.97. The Morgan fingerprint density at radius 3 is 2.00 bits per heavy atom. The minimum atomic E-state index is -0.387. The standard InChI is InChI=1S/C18H15NO3/c1-22-18(21)11-10-17(20)16-8-6-15(7-9-16)14-4-2-13(12-19)3-5-14/h2-9H,10-11H2,1H3. The highest BCUT2D eigenvalue weighted by Gasteiger charge is 2.09. The Morgan fingerprint density at radius 2 is 1.50 bits per heavy atom. The maximum absolute atomic E-state index is 12.0. The second-order valence-corrected chi connectivity index (χ2v) is 4.77. The van der Waals surface area contributed by atoms with Crippen molar-refractivity contribution in [1.82, 2.24) is 0 Å². The van der Waals surface area contributed by atoms with Gasteiger partial charge in [0.25, 0.3) is 0 Å². The Morgan fingerprint density at radius 1 is 0.955 bits per heavy atom. The molecule has 0 aromatic heterocycles. The van der Waals surface area contributed by atoms with Gasteiger partial charge in [0.05, 0.1) is 25.2 Å². The average molecular weight is 293 g/mol. The molecule has 0 aliphatic heterocycles. The number of Topliss-reactive ketones (excluding diaryl/α,β-unsaturated/α-hetero) is 1. The molecule has 0 aliphatic carbocycles. The van der Waals surface area contributed by atoms with Crippen LogP contribution in [0.25, 0.3) is 11.1 Å². The molecule has 2 aromatic carbocycles. The molecule has 0 radical (unpaired) electrons. The Labute approximate surface area is 129 Å². The van der Waals surface area contributed by atoms with Crippen molar-refractivity contribution in [3.05, 3.63) is 59.7 Å². The number of carbonyl (C=O) groups is 2. The minimum Gasteiger partial charge on any atom is -0.469 e. The van der Waals surface area contributed by atoms with Gasteiger partial charge in [-0.3, -0.25) is 9.59 Å². The Hall–Kier alpha value is -2.93. The van der Waals surface area contributed by atoms with Gasteiger partial charge in [0.15, 0.2) is 5.78 Å². The predicted octanol–water partition coefficient (Wildman–Crippen LogP) is 3.36. The lowest BCUT2D eigenvalue weighted by Gasteiger charge is -2.04. The molecule has 0 atom stereocenters. The number of methoxy groups -OCH3 is 1. The summed E-state index contributed by atoms with van der Waals surface area (Å²) < 4.78 is 4.52. The molecule has 4 nitrogen and oxygen atoms in total. The minimum absolute atomic E-state index is 0.0863. The van der Waals surface area contributed by atoms with Gasteiger partial charge in [0.2, 0.25) is 0 Å². The molecule has 110 valence electrons. The molecule has 0 spiro atoms. The van der Waals surface area contributed by atoms with Crippen molar-refractivity contribution in [2.45, 2.75) is 12.8 Å². The SMILES string of the molecule is COC(=O)CCC(=O)c1ccc(-c2ccc(C#N)cc2)cc1. The van der Waals surface area contributed by atoms with Gasteiger partial charge in [-0.1, -0.05) is 36.4 Å². The molecule has 0 aliphatic rings. The van der Waals surface area contributed by atoms with Crippen molar-refractivity contribution in [2.24, 2.45) is 0 Å². The summed E-state index contributed by atoms with van der Waals surface area (Å²) in [5.41, 5.74) is 3.13. The smallest absolute Gasteiger partial charge is 0.305 e. The molecule has 22 heavy (non-hydrogen) atoms. The number of rotatable bonds is 5. The summed E-state index contributed by atoms with van der Waals surface area (Å²) in [7, 11) is 1.30. The Bertz CT molecular complexity index is 709. The predicted molar refractivity (Wildman–Crippen MR) is 82.2 cm³/mol. The first kappa shape index (κ1) is 15.5. The molecule has 4 heteroatoms. The van der Waals surface area contributed by atoms with Crippen LogP contribution in [0, 0.1) is 11.3 Å². The first-order valence-corrected chi connectivity index (χ1v) is 6.84. The number of hydrogen-bond donors (Lipinski definition) is 0. The van der Waals surface area contributed by atoms with Crippen LogP contribution in [0.2, 0.25) is 0 Å².